The van der Waals surface area contributed by atoms with Crippen LogP contribution in [0.25, 0.3) is 0 Å². The van der Waals surface area contributed by atoms with Gasteiger partial charge in [-0.15, -0.1) is 0 Å². The van der Waals surface area contributed by atoms with Crippen LogP contribution >= 0.6 is 0 Å². The van der Waals surface area contributed by atoms with Gasteiger partial charge in [0.1, 0.15) is 17.6 Å². The van der Waals surface area contributed by atoms with Crippen molar-refractivity contribution in [3.63, 3.8) is 0 Å². The smallest absolute Gasteiger partial charge is 0.341 e. The van der Waals surface area contributed by atoms with E-state index in [4.69, 9.17) is 25.7 Å². The second-order valence-corrected chi connectivity index (χ2v) is 6.04. The zero-order valence-corrected chi connectivity index (χ0v) is 15.7. The summed E-state index contributed by atoms with van der Waals surface area (Å²) >= 11 is 0. The maximum absolute atomic E-state index is 12.7. The number of nitrogens with two attached hydrogens (primary N) is 1. The quantitative estimate of drug-likeness (QED) is 0.265. The fraction of sp³-hybridized carbons (Fsp3) is 0.200. The van der Waals surface area contributed by atoms with Crippen LogP contribution in [-0.4, -0.2) is 55.0 Å². The van der Waals surface area contributed by atoms with E-state index in [1.165, 1.54) is 43.5 Å². The number of nitrogen functional groups attached to an aromatic ring is 1. The lowest BCUT2D eigenvalue weighted by Gasteiger charge is -2.17. The number of nitrogens with one attached hydrogen (secondary N) is 2. The fourth-order valence-electron chi connectivity index (χ4n) is 2.45. The third-order valence-corrected chi connectivity index (χ3v) is 3.91. The zero-order valence-electron chi connectivity index (χ0n) is 15.7. The highest BCUT2D eigenvalue weighted by Gasteiger charge is 2.23. The molecule has 5 N–H and O–H groups in total. The Labute approximate surface area is 166 Å². The summed E-state index contributed by atoms with van der Waals surface area (Å²) in [4.78, 5) is 35.7. The Bertz CT molecular complexity index is 893. The summed E-state index contributed by atoms with van der Waals surface area (Å²) in [5, 5.41) is 18.6. The van der Waals surface area contributed by atoms with Crippen LogP contribution in [0.5, 0.6) is 5.75 Å². The van der Waals surface area contributed by atoms with Crippen LogP contribution in [0, 0.1) is 5.41 Å². The molecular formula is C20H21N3O6. The first-order chi connectivity index (χ1) is 13.8. The molecule has 0 radical (unpaired) electrons. The number of aliphatic carboxylic acids is 1. The van der Waals surface area contributed by atoms with Crippen molar-refractivity contribution in [2.24, 2.45) is 5.73 Å². The number of amides is 1. The third kappa shape index (κ3) is 6.15. The van der Waals surface area contributed by atoms with E-state index in [-0.39, 0.29) is 18.2 Å². The molecule has 9 nitrogen and oxygen atoms in total. The van der Waals surface area contributed by atoms with Gasteiger partial charge in [-0.05, 0) is 36.4 Å². The number of carboxylic acids is 1. The van der Waals surface area contributed by atoms with E-state index >= 15 is 0 Å². The van der Waals surface area contributed by atoms with Gasteiger partial charge < -0.3 is 25.6 Å². The van der Waals surface area contributed by atoms with Crippen molar-refractivity contribution in [2.45, 2.75) is 6.04 Å². The molecule has 1 atom stereocenters. The Balaban J connectivity index is 2.09. The molecule has 1 amide bonds. The minimum Gasteiger partial charge on any atom is -0.482 e. The van der Waals surface area contributed by atoms with Gasteiger partial charge in [-0.3, -0.25) is 15.0 Å². The molecule has 0 saturated heterocycles. The van der Waals surface area contributed by atoms with E-state index in [9.17, 15) is 14.4 Å². The van der Waals surface area contributed by atoms with Gasteiger partial charge >= 0.3 is 5.97 Å². The Morgan fingerprint density at radius 3 is 2.10 bits per heavy atom. The molecule has 0 heterocycles. The van der Waals surface area contributed by atoms with Crippen LogP contribution < -0.4 is 15.8 Å². The molecule has 0 bridgehead atoms. The van der Waals surface area contributed by atoms with E-state index < -0.39 is 24.5 Å². The number of carbonyl (C=O) groups excluding carboxylic acids is 2. The molecule has 0 aliphatic rings. The molecule has 0 aliphatic carbocycles. The number of amidine groups is 1. The highest BCUT2D eigenvalue weighted by atomic mass is 16.5. The highest BCUT2D eigenvalue weighted by molar-refractivity contribution is 6.04. The number of hydrogen-bond donors (Lipinski definition) is 4. The van der Waals surface area contributed by atoms with E-state index in [1.54, 1.807) is 12.1 Å². The van der Waals surface area contributed by atoms with Crippen LogP contribution in [0.1, 0.15) is 26.3 Å². The van der Waals surface area contributed by atoms with Crippen molar-refractivity contribution in [3.8, 4) is 5.75 Å². The molecule has 2 rings (SSSR count). The first-order valence-electron chi connectivity index (χ1n) is 8.55. The van der Waals surface area contributed by atoms with Crippen molar-refractivity contribution in [1.82, 2.24) is 5.32 Å². The SMILES string of the molecule is COC[C@H](NC(=O)c1ccc(C(=N)N)cc1)C(=O)c1ccc(OCC(=O)O)cc1. The fourth-order valence-corrected chi connectivity index (χ4v) is 2.45. The highest BCUT2D eigenvalue weighted by Crippen LogP contribution is 2.14. The molecule has 0 aromatic heterocycles. The molecule has 29 heavy (non-hydrogen) atoms. The lowest BCUT2D eigenvalue weighted by molar-refractivity contribution is -0.139. The van der Waals surface area contributed by atoms with Crippen LogP contribution in [0.4, 0.5) is 0 Å². The van der Waals surface area contributed by atoms with Gasteiger partial charge in [-0.1, -0.05) is 12.1 Å². The van der Waals surface area contributed by atoms with Gasteiger partial charge in [0.25, 0.3) is 5.91 Å². The van der Waals surface area contributed by atoms with Crippen molar-refractivity contribution in [3.05, 3.63) is 65.2 Å². The molecule has 2 aromatic carbocycles. The molecule has 0 aliphatic heterocycles. The van der Waals surface area contributed by atoms with Gasteiger partial charge in [0.2, 0.25) is 0 Å². The third-order valence-electron chi connectivity index (χ3n) is 3.91. The van der Waals surface area contributed by atoms with E-state index in [0.717, 1.165) is 0 Å². The maximum atomic E-state index is 12.7. The summed E-state index contributed by atoms with van der Waals surface area (Å²) in [6.45, 7) is -0.522. The Morgan fingerprint density at radius 2 is 1.59 bits per heavy atom. The number of hydrogen-bond acceptors (Lipinski definition) is 6. The Morgan fingerprint density at radius 1 is 1.03 bits per heavy atom. The number of ketones is 1. The zero-order chi connectivity index (χ0) is 21.4. The first-order valence-corrected chi connectivity index (χ1v) is 8.55. The van der Waals surface area contributed by atoms with Gasteiger partial charge in [0.15, 0.2) is 12.4 Å². The number of benzene rings is 2. The first kappa shape index (κ1) is 21.6. The number of methoxy groups -OCH3 is 1. The van der Waals surface area contributed by atoms with Crippen LogP contribution in [-0.2, 0) is 9.53 Å². The summed E-state index contributed by atoms with van der Waals surface area (Å²) < 4.78 is 10.1. The predicted octanol–water partition coefficient (Wildman–Crippen LogP) is 1.06. The van der Waals surface area contributed by atoms with Crippen molar-refractivity contribution in [1.29, 1.82) is 5.41 Å². The lowest BCUT2D eigenvalue weighted by Crippen LogP contribution is -2.44. The molecule has 0 unspecified atom stereocenters. The lowest BCUT2D eigenvalue weighted by atomic mass is 10.0. The van der Waals surface area contributed by atoms with Crippen molar-refractivity contribution >= 4 is 23.5 Å². The average Bonchev–Trinajstić information content (AvgIpc) is 2.71. The number of ether oxygens (including phenoxy) is 2. The number of Topliss-reactive ketones (excluding diaryl/α,β-unsaturated/α-hetero) is 1. The standard InChI is InChI=1S/C20H21N3O6/c1-28-10-16(23-20(27)14-4-2-13(3-5-14)19(21)22)18(26)12-6-8-15(9-7-12)29-11-17(24)25/h2-9,16H,10-11H2,1H3,(H3,21,22)(H,23,27)(H,24,25)/t16-/m0/s1. The summed E-state index contributed by atoms with van der Waals surface area (Å²) in [5.74, 6) is -1.76. The average molecular weight is 399 g/mol. The van der Waals surface area contributed by atoms with Crippen LogP contribution in [0.2, 0.25) is 0 Å². The van der Waals surface area contributed by atoms with Gasteiger partial charge in [0.05, 0.1) is 6.61 Å². The van der Waals surface area contributed by atoms with Gasteiger partial charge in [-0.2, -0.15) is 0 Å². The van der Waals surface area contributed by atoms with Gasteiger partial charge in [0, 0.05) is 23.8 Å². The monoisotopic (exact) mass is 399 g/mol. The minimum atomic E-state index is -1.11. The second-order valence-electron chi connectivity index (χ2n) is 6.04. The predicted molar refractivity (Wildman–Crippen MR) is 104 cm³/mol. The molecular weight excluding hydrogens is 378 g/mol. The molecule has 0 spiro atoms. The molecule has 0 fully saturated rings. The van der Waals surface area contributed by atoms with E-state index in [1.807, 2.05) is 0 Å². The normalized spacial score (nSPS) is 11.3. The van der Waals surface area contributed by atoms with E-state index in [0.29, 0.717) is 22.4 Å². The van der Waals surface area contributed by atoms with Crippen molar-refractivity contribution in [2.75, 3.05) is 20.3 Å². The summed E-state index contributed by atoms with van der Waals surface area (Å²) in [5.41, 5.74) is 6.49. The number of rotatable bonds is 10. The summed E-state index contributed by atoms with van der Waals surface area (Å²) in [6.07, 6.45) is 0. The summed E-state index contributed by atoms with van der Waals surface area (Å²) in [6, 6.07) is 11.1. The van der Waals surface area contributed by atoms with E-state index in [2.05, 4.69) is 5.32 Å². The van der Waals surface area contributed by atoms with Gasteiger partial charge in [-0.25, -0.2) is 4.79 Å². The van der Waals surface area contributed by atoms with Crippen molar-refractivity contribution < 1.29 is 29.0 Å². The largest absolute Gasteiger partial charge is 0.482 e. The summed E-state index contributed by atoms with van der Waals surface area (Å²) in [7, 11) is 1.41. The Hall–Kier alpha value is -3.72. The Kier molecular flexibility index (Phi) is 7.44. The molecule has 2 aromatic rings. The minimum absolute atomic E-state index is 0.0344. The van der Waals surface area contributed by atoms with Crippen LogP contribution in [0.3, 0.4) is 0 Å². The maximum Gasteiger partial charge on any atom is 0.341 e. The molecule has 152 valence electrons. The molecule has 0 saturated carbocycles. The number of carbonyl (C=O) groups is 3. The number of carboxylic acid groups (broad SMARTS) is 1. The topological polar surface area (TPSA) is 152 Å². The molecule has 9 heteroatoms. The van der Waals surface area contributed by atoms with Crippen LogP contribution in [0.15, 0.2) is 48.5 Å². The second kappa shape index (κ2) is 10.00.